The first-order valence-corrected chi connectivity index (χ1v) is 9.25. The van der Waals surface area contributed by atoms with Crippen molar-refractivity contribution in [2.75, 3.05) is 0 Å². The maximum absolute atomic E-state index is 9.75. The molecule has 0 aromatic carbocycles. The molecule has 0 nitrogen and oxygen atoms in total. The molecule has 0 saturated carbocycles. The first-order chi connectivity index (χ1) is 10.8. The summed E-state index contributed by atoms with van der Waals surface area (Å²) in [5, 5.41) is 0. The molecule has 0 saturated heterocycles. The van der Waals surface area contributed by atoms with Gasteiger partial charge in [0.05, 0.1) is 0 Å². The number of halogens is 4. The minimum absolute atomic E-state index is 1.21. The molecule has 0 bridgehead atoms. The van der Waals surface area contributed by atoms with Crippen LogP contribution in [0, 0.1) is 0 Å². The Morgan fingerprint density at radius 2 is 0.913 bits per heavy atom. The summed E-state index contributed by atoms with van der Waals surface area (Å²) >= 11 is 5.94. The summed E-state index contributed by atoms with van der Waals surface area (Å²) in [7, 11) is -6.00. The van der Waals surface area contributed by atoms with Crippen LogP contribution in [0.4, 0.5) is 17.3 Å². The van der Waals surface area contributed by atoms with Crippen LogP contribution < -0.4 is 0 Å². The van der Waals surface area contributed by atoms with E-state index in [2.05, 4.69) is 73.1 Å². The van der Waals surface area contributed by atoms with Gasteiger partial charge in [0.2, 0.25) is 0 Å². The Kier molecular flexibility index (Phi) is 14.3. The quantitative estimate of drug-likeness (QED) is 0.203. The summed E-state index contributed by atoms with van der Waals surface area (Å²) in [5.74, 6) is 0. The van der Waals surface area contributed by atoms with E-state index in [1.54, 1.807) is 0 Å². The molecule has 2 rings (SSSR count). The van der Waals surface area contributed by atoms with Crippen molar-refractivity contribution in [1.82, 2.24) is 0 Å². The summed E-state index contributed by atoms with van der Waals surface area (Å²) < 4.78 is 41.9. The van der Waals surface area contributed by atoms with Crippen molar-refractivity contribution in [2.45, 2.75) is 51.4 Å². The van der Waals surface area contributed by atoms with Gasteiger partial charge in [-0.05, 0) is 0 Å². The van der Waals surface area contributed by atoms with Crippen LogP contribution in [0.1, 0.15) is 51.4 Å². The van der Waals surface area contributed by atoms with Crippen LogP contribution in [0.5, 0.6) is 0 Å². The van der Waals surface area contributed by atoms with E-state index >= 15 is 0 Å². The van der Waals surface area contributed by atoms with E-state index < -0.39 is 7.25 Å². The van der Waals surface area contributed by atoms with Crippen molar-refractivity contribution in [2.24, 2.45) is 0 Å². The Labute approximate surface area is 157 Å². The molecule has 0 fully saturated rings. The van der Waals surface area contributed by atoms with Crippen LogP contribution in [0.3, 0.4) is 0 Å². The maximum atomic E-state index is 9.75. The SMILES string of the molecule is F[B-](F)(F)F.[Rh][C]1=CCCC=CCC1.[Rh][C]1=CCCC=CCC1. The van der Waals surface area contributed by atoms with Gasteiger partial charge in [-0.1, -0.05) is 0 Å². The van der Waals surface area contributed by atoms with Crippen LogP contribution in [0.2, 0.25) is 0 Å². The molecular formula is C16H22BF4Rh2-. The molecule has 0 heterocycles. The molecule has 0 N–H and O–H groups in total. The van der Waals surface area contributed by atoms with E-state index in [1.165, 1.54) is 59.7 Å². The van der Waals surface area contributed by atoms with Gasteiger partial charge < -0.3 is 17.3 Å². The molecule has 0 radical (unpaired) electrons. The Morgan fingerprint density at radius 1 is 0.609 bits per heavy atom. The average Bonchev–Trinajstić information content (AvgIpc) is 2.37. The third-order valence-corrected chi connectivity index (χ3v) is 4.28. The fourth-order valence-corrected chi connectivity index (χ4v) is 2.71. The van der Waals surface area contributed by atoms with Gasteiger partial charge in [0.1, 0.15) is 0 Å². The third kappa shape index (κ3) is 22.0. The predicted molar refractivity (Wildman–Crippen MR) is 81.6 cm³/mol. The summed E-state index contributed by atoms with van der Waals surface area (Å²) in [6.45, 7) is 0. The second-order valence-corrected chi connectivity index (χ2v) is 7.02. The Balaban J connectivity index is 0.000000332. The molecule has 7 heteroatoms. The van der Waals surface area contributed by atoms with E-state index in [4.69, 9.17) is 0 Å². The monoisotopic (exact) mass is 507 g/mol. The number of hydrogen-bond donors (Lipinski definition) is 0. The molecule has 2 aliphatic rings. The zero-order valence-electron chi connectivity index (χ0n) is 12.9. The molecule has 23 heavy (non-hydrogen) atoms. The van der Waals surface area contributed by atoms with Gasteiger partial charge in [0.25, 0.3) is 0 Å². The fraction of sp³-hybridized carbons (Fsp3) is 0.500. The summed E-state index contributed by atoms with van der Waals surface area (Å²) in [4.78, 5) is 0. The zero-order chi connectivity index (χ0) is 17.6. The Morgan fingerprint density at radius 3 is 1.26 bits per heavy atom. The van der Waals surface area contributed by atoms with Crippen molar-refractivity contribution < 1.29 is 53.9 Å². The number of rotatable bonds is 0. The van der Waals surface area contributed by atoms with Gasteiger partial charge >= 0.3 is 140 Å². The van der Waals surface area contributed by atoms with Gasteiger partial charge in [0, 0.05) is 0 Å². The standard InChI is InChI=1S/2C8H11.BF4.2Rh/c2*1-2-4-6-8-7-5-3-1;2-1(3,4)5;;/h2*1-2,7H,3-6H2;;;/q;;-1;;. The molecule has 0 amide bonds. The van der Waals surface area contributed by atoms with Gasteiger partial charge in [-0.3, -0.25) is 0 Å². The second kappa shape index (κ2) is 14.3. The van der Waals surface area contributed by atoms with Crippen LogP contribution in [0.15, 0.2) is 44.8 Å². The van der Waals surface area contributed by atoms with Crippen LogP contribution in [-0.4, -0.2) is 7.25 Å². The van der Waals surface area contributed by atoms with E-state index in [0.717, 1.165) is 0 Å². The number of allylic oxidation sites excluding steroid dienone is 8. The normalized spacial score (nSPS) is 18.6. The molecule has 136 valence electrons. The van der Waals surface area contributed by atoms with Crippen LogP contribution in [-0.2, 0) is 36.6 Å². The predicted octanol–water partition coefficient (Wildman–Crippen LogP) is 6.39. The molecule has 0 aromatic heterocycles. The molecule has 0 spiro atoms. The molecule has 2 aliphatic carbocycles. The second-order valence-electron chi connectivity index (χ2n) is 4.91. The van der Waals surface area contributed by atoms with E-state index in [0.29, 0.717) is 0 Å². The first-order valence-electron chi connectivity index (χ1n) is 7.61. The third-order valence-electron chi connectivity index (χ3n) is 2.79. The van der Waals surface area contributed by atoms with Crippen LogP contribution >= 0.6 is 0 Å². The summed E-state index contributed by atoms with van der Waals surface area (Å²) in [5.41, 5.74) is 0. The van der Waals surface area contributed by atoms with Crippen molar-refractivity contribution >= 4 is 7.25 Å². The minimum atomic E-state index is -6.00. The topological polar surface area (TPSA) is 0 Å². The summed E-state index contributed by atoms with van der Waals surface area (Å²) in [6.07, 6.45) is 23.4. The zero-order valence-corrected chi connectivity index (χ0v) is 16.2. The van der Waals surface area contributed by atoms with Gasteiger partial charge in [-0.15, -0.1) is 0 Å². The van der Waals surface area contributed by atoms with E-state index in [-0.39, 0.29) is 0 Å². The van der Waals surface area contributed by atoms with Crippen molar-refractivity contribution in [3.05, 3.63) is 44.8 Å². The van der Waals surface area contributed by atoms with Gasteiger partial charge in [0.15, 0.2) is 0 Å². The molecular weight excluding hydrogens is 485 g/mol. The van der Waals surface area contributed by atoms with Crippen LogP contribution in [0.25, 0.3) is 0 Å². The fourth-order valence-electron chi connectivity index (χ4n) is 1.76. The Hall–Kier alpha value is -0.00831. The Bertz CT molecular complexity index is 386. The van der Waals surface area contributed by atoms with Crippen molar-refractivity contribution in [1.29, 1.82) is 0 Å². The first kappa shape index (κ1) is 23.0. The van der Waals surface area contributed by atoms with Crippen molar-refractivity contribution in [3.8, 4) is 0 Å². The van der Waals surface area contributed by atoms with Gasteiger partial charge in [-0.2, -0.15) is 0 Å². The van der Waals surface area contributed by atoms with Crippen molar-refractivity contribution in [3.63, 3.8) is 0 Å². The van der Waals surface area contributed by atoms with E-state index in [1.807, 2.05) is 0 Å². The molecule has 0 aliphatic heterocycles. The van der Waals surface area contributed by atoms with E-state index in [9.17, 15) is 17.3 Å². The number of hydrogen-bond acceptors (Lipinski definition) is 0. The molecule has 0 atom stereocenters. The summed E-state index contributed by atoms with van der Waals surface area (Å²) in [6, 6.07) is 0. The van der Waals surface area contributed by atoms with Gasteiger partial charge in [-0.25, -0.2) is 0 Å². The average molecular weight is 507 g/mol. The molecule has 0 unspecified atom stereocenters. The molecule has 0 aromatic rings.